The van der Waals surface area contributed by atoms with Gasteiger partial charge in [0.25, 0.3) is 5.95 Å². The second-order valence-corrected chi connectivity index (χ2v) is 3.99. The number of rotatable bonds is 1. The summed E-state index contributed by atoms with van der Waals surface area (Å²) < 4.78 is 19.7. The third kappa shape index (κ3) is 1.66. The molecule has 1 aromatic rings. The molecule has 0 N–H and O–H groups in total. The van der Waals surface area contributed by atoms with Crippen LogP contribution in [-0.2, 0) is 5.54 Å². The van der Waals surface area contributed by atoms with E-state index in [-0.39, 0.29) is 11.3 Å². The Bertz CT molecular complexity index is 312. The first kappa shape index (κ1) is 10.0. The van der Waals surface area contributed by atoms with Crippen LogP contribution in [0, 0.1) is 12.9 Å². The topological polar surface area (TPSA) is 27.1 Å². The first-order valence-corrected chi connectivity index (χ1v) is 4.17. The van der Waals surface area contributed by atoms with Gasteiger partial charge in [-0.15, -0.1) is 5.10 Å². The molecule has 13 heavy (non-hydrogen) atoms. The van der Waals surface area contributed by atoms with Gasteiger partial charge in [-0.25, -0.2) is 0 Å². The SMILES string of the molecule is COc1c(F)nn(C(C)(C)C)c1C. The van der Waals surface area contributed by atoms with E-state index in [1.165, 1.54) is 7.11 Å². The molecule has 0 fully saturated rings. The van der Waals surface area contributed by atoms with E-state index in [0.717, 1.165) is 0 Å². The van der Waals surface area contributed by atoms with Gasteiger partial charge in [0.05, 0.1) is 18.3 Å². The van der Waals surface area contributed by atoms with Crippen LogP contribution in [0.15, 0.2) is 0 Å². The smallest absolute Gasteiger partial charge is 0.274 e. The Labute approximate surface area is 77.5 Å². The predicted molar refractivity (Wildman–Crippen MR) is 48.5 cm³/mol. The summed E-state index contributed by atoms with van der Waals surface area (Å²) in [5.41, 5.74) is 0.495. The van der Waals surface area contributed by atoms with Crippen molar-refractivity contribution in [3.63, 3.8) is 0 Å². The minimum atomic E-state index is -0.546. The lowest BCUT2D eigenvalue weighted by Gasteiger charge is -2.20. The van der Waals surface area contributed by atoms with Gasteiger partial charge in [-0.2, -0.15) is 4.39 Å². The quantitative estimate of drug-likeness (QED) is 0.671. The first-order valence-electron chi connectivity index (χ1n) is 4.17. The van der Waals surface area contributed by atoms with Crippen molar-refractivity contribution < 1.29 is 9.13 Å². The van der Waals surface area contributed by atoms with E-state index in [1.54, 1.807) is 11.6 Å². The minimum absolute atomic E-state index is 0.221. The third-order valence-electron chi connectivity index (χ3n) is 1.86. The van der Waals surface area contributed by atoms with E-state index < -0.39 is 5.95 Å². The van der Waals surface area contributed by atoms with Crippen LogP contribution in [0.2, 0.25) is 0 Å². The van der Waals surface area contributed by atoms with E-state index in [9.17, 15) is 4.39 Å². The molecule has 0 aromatic carbocycles. The van der Waals surface area contributed by atoms with Gasteiger partial charge in [0.2, 0.25) is 0 Å². The minimum Gasteiger partial charge on any atom is -0.490 e. The monoisotopic (exact) mass is 186 g/mol. The highest BCUT2D eigenvalue weighted by Crippen LogP contribution is 2.25. The van der Waals surface area contributed by atoms with Crippen LogP contribution in [0.5, 0.6) is 5.75 Å². The van der Waals surface area contributed by atoms with E-state index in [2.05, 4.69) is 5.10 Å². The molecule has 4 heteroatoms. The zero-order valence-electron chi connectivity index (χ0n) is 8.68. The Balaban J connectivity index is 3.26. The Kier molecular flexibility index (Phi) is 2.32. The maximum atomic E-state index is 13.1. The molecule has 1 rings (SSSR count). The maximum Gasteiger partial charge on any atom is 0.274 e. The largest absolute Gasteiger partial charge is 0.490 e. The van der Waals surface area contributed by atoms with Crippen molar-refractivity contribution in [2.75, 3.05) is 7.11 Å². The van der Waals surface area contributed by atoms with Crippen LogP contribution in [-0.4, -0.2) is 16.9 Å². The molecule has 74 valence electrons. The summed E-state index contributed by atoms with van der Waals surface area (Å²) in [6.07, 6.45) is 0. The number of nitrogens with zero attached hydrogens (tertiary/aromatic N) is 2. The summed E-state index contributed by atoms with van der Waals surface area (Å²) in [5, 5.41) is 3.78. The molecule has 3 nitrogen and oxygen atoms in total. The van der Waals surface area contributed by atoms with Crippen LogP contribution in [0.3, 0.4) is 0 Å². The van der Waals surface area contributed by atoms with E-state index in [4.69, 9.17) is 4.74 Å². The lowest BCUT2D eigenvalue weighted by molar-refractivity contribution is 0.335. The number of hydrogen-bond donors (Lipinski definition) is 0. The van der Waals surface area contributed by atoms with Gasteiger partial charge in [0, 0.05) is 0 Å². The molecule has 0 aliphatic rings. The molecule has 1 heterocycles. The molecule has 0 amide bonds. The van der Waals surface area contributed by atoms with Crippen molar-refractivity contribution >= 4 is 0 Å². The maximum absolute atomic E-state index is 13.1. The summed E-state index contributed by atoms with van der Waals surface area (Å²) in [4.78, 5) is 0. The number of hydrogen-bond acceptors (Lipinski definition) is 2. The molecule has 0 saturated carbocycles. The normalized spacial score (nSPS) is 11.8. The van der Waals surface area contributed by atoms with Crippen LogP contribution in [0.1, 0.15) is 26.5 Å². The highest BCUT2D eigenvalue weighted by molar-refractivity contribution is 5.26. The molecule has 0 spiro atoms. The van der Waals surface area contributed by atoms with Crippen LogP contribution in [0.4, 0.5) is 4.39 Å². The Morgan fingerprint density at radius 2 is 1.92 bits per heavy atom. The summed E-state index contributed by atoms with van der Waals surface area (Å²) in [7, 11) is 1.44. The molecule has 0 saturated heterocycles. The highest BCUT2D eigenvalue weighted by Gasteiger charge is 2.22. The predicted octanol–water partition coefficient (Wildman–Crippen LogP) is 2.09. The Morgan fingerprint density at radius 3 is 2.15 bits per heavy atom. The Morgan fingerprint density at radius 1 is 1.38 bits per heavy atom. The molecule has 0 aliphatic heterocycles. The average Bonchev–Trinajstić information content (AvgIpc) is 2.25. The van der Waals surface area contributed by atoms with Crippen molar-refractivity contribution in [2.24, 2.45) is 0 Å². The van der Waals surface area contributed by atoms with E-state index in [1.807, 2.05) is 20.8 Å². The fourth-order valence-corrected chi connectivity index (χ4v) is 1.34. The summed E-state index contributed by atoms with van der Waals surface area (Å²) in [5.74, 6) is -0.315. The van der Waals surface area contributed by atoms with Crippen molar-refractivity contribution in [2.45, 2.75) is 33.2 Å². The van der Waals surface area contributed by atoms with Crippen molar-refractivity contribution in [1.29, 1.82) is 0 Å². The number of ether oxygens (including phenoxy) is 1. The third-order valence-corrected chi connectivity index (χ3v) is 1.86. The molecule has 0 radical (unpaired) electrons. The van der Waals surface area contributed by atoms with Crippen molar-refractivity contribution in [1.82, 2.24) is 9.78 Å². The van der Waals surface area contributed by atoms with Gasteiger partial charge in [0.1, 0.15) is 0 Å². The zero-order chi connectivity index (χ0) is 10.2. The summed E-state index contributed by atoms with van der Waals surface area (Å²) >= 11 is 0. The summed E-state index contributed by atoms with van der Waals surface area (Å²) in [6, 6.07) is 0. The van der Waals surface area contributed by atoms with Gasteiger partial charge in [-0.3, -0.25) is 4.68 Å². The first-order chi connectivity index (χ1) is 5.88. The van der Waals surface area contributed by atoms with Crippen LogP contribution in [0.25, 0.3) is 0 Å². The standard InChI is InChI=1S/C9H15FN2O/c1-6-7(13-5)8(10)11-12(6)9(2,3)4/h1-5H3. The van der Waals surface area contributed by atoms with Crippen molar-refractivity contribution in [3.05, 3.63) is 11.6 Å². The van der Waals surface area contributed by atoms with Crippen molar-refractivity contribution in [3.8, 4) is 5.75 Å². The van der Waals surface area contributed by atoms with Crippen LogP contribution < -0.4 is 4.74 Å². The summed E-state index contributed by atoms with van der Waals surface area (Å²) in [6.45, 7) is 7.68. The number of aromatic nitrogens is 2. The van der Waals surface area contributed by atoms with Gasteiger partial charge in [0.15, 0.2) is 5.75 Å². The molecular weight excluding hydrogens is 171 g/mol. The molecule has 0 atom stereocenters. The van der Waals surface area contributed by atoms with Gasteiger partial charge in [-0.1, -0.05) is 0 Å². The molecule has 0 bridgehead atoms. The second-order valence-electron chi connectivity index (χ2n) is 3.99. The molecule has 0 aliphatic carbocycles. The lowest BCUT2D eigenvalue weighted by Crippen LogP contribution is -2.24. The van der Waals surface area contributed by atoms with E-state index >= 15 is 0 Å². The second kappa shape index (κ2) is 3.01. The van der Waals surface area contributed by atoms with Crippen LogP contribution >= 0.6 is 0 Å². The highest BCUT2D eigenvalue weighted by atomic mass is 19.1. The average molecular weight is 186 g/mol. The lowest BCUT2D eigenvalue weighted by atomic mass is 10.1. The molecule has 0 unspecified atom stereocenters. The number of halogens is 1. The Hall–Kier alpha value is -1.06. The van der Waals surface area contributed by atoms with Gasteiger partial charge >= 0.3 is 0 Å². The fraction of sp³-hybridized carbons (Fsp3) is 0.667. The number of methoxy groups -OCH3 is 1. The van der Waals surface area contributed by atoms with E-state index in [0.29, 0.717) is 5.69 Å². The molecule has 1 aromatic heterocycles. The molecular formula is C9H15FN2O. The zero-order valence-corrected chi connectivity index (χ0v) is 8.68. The van der Waals surface area contributed by atoms with Gasteiger partial charge < -0.3 is 4.74 Å². The van der Waals surface area contributed by atoms with Gasteiger partial charge in [-0.05, 0) is 27.7 Å². The fourth-order valence-electron chi connectivity index (χ4n) is 1.34.